The normalized spacial score (nSPS) is 16.3. The highest BCUT2D eigenvalue weighted by atomic mass is 19.1. The van der Waals surface area contributed by atoms with Gasteiger partial charge in [0, 0.05) is 169 Å². The second kappa shape index (κ2) is 32.2. The van der Waals surface area contributed by atoms with E-state index in [0.717, 1.165) is 147 Å². The van der Waals surface area contributed by atoms with E-state index in [2.05, 4.69) is 108 Å². The maximum Gasteiger partial charge on any atom is 0.258 e. The largest absolute Gasteiger partial charge is 0.494 e. The monoisotopic (exact) mass is 1550 g/mol. The molecular weight excluding hydrogens is 1460 g/mol. The van der Waals surface area contributed by atoms with Gasteiger partial charge in [-0.05, 0) is 183 Å². The van der Waals surface area contributed by atoms with Crippen molar-refractivity contribution in [3.05, 3.63) is 235 Å². The zero-order valence-electron chi connectivity index (χ0n) is 66.1. The SMILES string of the molecule is COc1ccc(-c2cc(=O)n3cc(N(C)[C@@H]4CCN(C)C4)ccc3n2)cc1F.Cc1nc2ccc(-c3cc(=O)n4cc(N5CCC(N(C)C)CC5)ccc4n3)cc2o1.Cc1nc2ccc(-c3cc(=O)n4cc(N5CCC(N)CC5)ccc4n3)cc2o1.Cc1nc2ccc(-c3cc(=O)n4cc(N5CC[C@H](N(C)C)C5)ccc4n3)cc2o1. The fourth-order valence-corrected chi connectivity index (χ4v) is 15.8. The molecule has 11 aromatic heterocycles. The predicted molar refractivity (Wildman–Crippen MR) is 448 cm³/mol. The van der Waals surface area contributed by atoms with Crippen LogP contribution in [0.4, 0.5) is 27.1 Å². The third kappa shape index (κ3) is 16.4. The highest BCUT2D eigenvalue weighted by Crippen LogP contribution is 2.32. The molecule has 27 nitrogen and oxygen atoms in total. The maximum absolute atomic E-state index is 14.0. The van der Waals surface area contributed by atoms with E-state index in [1.807, 2.05) is 143 Å². The lowest BCUT2D eigenvalue weighted by molar-refractivity contribution is 0.249. The molecule has 0 spiro atoms. The number of aryl methyl sites for hydroxylation is 3. The first-order valence-electron chi connectivity index (χ1n) is 38.8. The van der Waals surface area contributed by atoms with Gasteiger partial charge in [0.25, 0.3) is 22.2 Å². The molecule has 28 heteroatoms. The first-order chi connectivity index (χ1) is 55.5. The Morgan fingerprint density at radius 1 is 0.409 bits per heavy atom. The first-order valence-corrected chi connectivity index (χ1v) is 38.8. The topological polar surface area (TPSA) is 274 Å². The van der Waals surface area contributed by atoms with Gasteiger partial charge in [-0.3, -0.25) is 36.8 Å². The molecule has 2 atom stereocenters. The van der Waals surface area contributed by atoms with Crippen molar-refractivity contribution in [2.75, 3.05) is 121 Å². The molecule has 0 aliphatic carbocycles. The molecule has 0 radical (unpaired) electrons. The summed E-state index contributed by atoms with van der Waals surface area (Å²) in [5, 5.41) is 0. The van der Waals surface area contributed by atoms with Crippen molar-refractivity contribution in [3.63, 3.8) is 0 Å². The van der Waals surface area contributed by atoms with Crippen LogP contribution >= 0.6 is 0 Å². The van der Waals surface area contributed by atoms with Gasteiger partial charge in [-0.2, -0.15) is 0 Å². The number of piperidine rings is 2. The molecule has 4 fully saturated rings. The van der Waals surface area contributed by atoms with Crippen molar-refractivity contribution in [2.24, 2.45) is 5.73 Å². The zero-order valence-corrected chi connectivity index (χ0v) is 66.1. The number of pyridine rings is 4. The number of methoxy groups -OCH3 is 1. The molecular formula is C87H92FN19O8. The second-order valence-electron chi connectivity index (χ2n) is 30.7. The average Bonchev–Trinajstić information content (AvgIpc) is 1.77. The summed E-state index contributed by atoms with van der Waals surface area (Å²) >= 11 is 0. The van der Waals surface area contributed by atoms with Crippen molar-refractivity contribution in [1.29, 1.82) is 0 Å². The summed E-state index contributed by atoms with van der Waals surface area (Å²) in [4.78, 5) is 98.8. The highest BCUT2D eigenvalue weighted by molar-refractivity contribution is 5.82. The molecule has 590 valence electrons. The van der Waals surface area contributed by atoms with E-state index < -0.39 is 5.82 Å². The third-order valence-electron chi connectivity index (χ3n) is 22.4. The number of ether oxygens (including phenoxy) is 1. The number of aromatic nitrogens is 11. The minimum absolute atomic E-state index is 0.0890. The molecule has 115 heavy (non-hydrogen) atoms. The number of likely N-dealkylation sites (N-methyl/N-ethyl adjacent to an activating group) is 3. The molecule has 2 N–H and O–H groups in total. The molecule has 15 heterocycles. The Labute approximate surface area is 661 Å². The standard InChI is InChI=1S/C23H25N5O2.C22H23N5O2.C21H23FN4O2.C21H21N5O2/c1-15-24-19-6-4-16(12-21(19)30-15)20-13-23(29)28-14-18(5-7-22(28)25-20)27-10-8-17(9-11-27)26(2)3;1-14-23-18-6-4-15(10-20(18)29-14)19-11-22(28)27-13-17(5-7-21(27)24-19)26-9-8-16(12-26)25(2)3;1-24-9-8-16(12-24)25(2)15-5-7-20-23-18(11-21(27)26(20)13-15)14-4-6-19(28-3)17(22)10-14;1-13-23-17-4-2-14(10-19(17)28-13)18-11-21(27)26-12-16(3-5-20(26)24-18)25-8-6-15(22)7-9-25/h4-7,12-14,17H,8-11H2,1-3H3;4-7,10-11,13,16H,8-9,12H2,1-3H3;4-7,10-11,13,16H,8-9,12H2,1-3H3;2-5,10-12,15H,6-9,22H2,1H3/t;2*16-;/m.01./s1. The summed E-state index contributed by atoms with van der Waals surface area (Å²) in [6.07, 6.45) is 13.9. The molecule has 19 rings (SSSR count). The van der Waals surface area contributed by atoms with Crippen LogP contribution in [0, 0.1) is 26.6 Å². The Kier molecular flexibility index (Phi) is 21.4. The molecule has 0 saturated carbocycles. The molecule has 4 saturated heterocycles. The predicted octanol–water partition coefficient (Wildman–Crippen LogP) is 11.7. The summed E-state index contributed by atoms with van der Waals surface area (Å²) in [5.41, 5.74) is 21.9. The van der Waals surface area contributed by atoms with Crippen molar-refractivity contribution in [2.45, 2.75) is 83.5 Å². The smallest absolute Gasteiger partial charge is 0.258 e. The van der Waals surface area contributed by atoms with Gasteiger partial charge < -0.3 is 58.0 Å². The van der Waals surface area contributed by atoms with Gasteiger partial charge in [-0.15, -0.1) is 0 Å². The molecule has 4 aromatic carbocycles. The number of likely N-dealkylation sites (tertiary alicyclic amines) is 1. The molecule has 0 unspecified atom stereocenters. The van der Waals surface area contributed by atoms with Crippen molar-refractivity contribution in [1.82, 2.24) is 67.2 Å². The van der Waals surface area contributed by atoms with Gasteiger partial charge in [0.05, 0.1) is 52.6 Å². The Morgan fingerprint density at radius 3 is 1.17 bits per heavy atom. The van der Waals surface area contributed by atoms with Crippen LogP contribution in [0.3, 0.4) is 0 Å². The second-order valence-corrected chi connectivity index (χ2v) is 30.7. The number of oxazole rings is 3. The van der Waals surface area contributed by atoms with Crippen LogP contribution < -0.4 is 52.3 Å². The Bertz CT molecular complexity index is 6410. The third-order valence-corrected chi connectivity index (χ3v) is 22.4. The van der Waals surface area contributed by atoms with E-state index >= 15 is 0 Å². The number of hydrogen-bond acceptors (Lipinski definition) is 23. The summed E-state index contributed by atoms with van der Waals surface area (Å²) in [7, 11) is 14.1. The van der Waals surface area contributed by atoms with E-state index in [9.17, 15) is 23.6 Å². The van der Waals surface area contributed by atoms with Crippen molar-refractivity contribution < 1.29 is 22.4 Å². The Hall–Kier alpha value is -12.5. The Morgan fingerprint density at radius 2 is 0.774 bits per heavy atom. The van der Waals surface area contributed by atoms with Gasteiger partial charge >= 0.3 is 0 Å². The van der Waals surface area contributed by atoms with Crippen LogP contribution in [0.5, 0.6) is 5.75 Å². The van der Waals surface area contributed by atoms with Crippen LogP contribution in [-0.2, 0) is 0 Å². The van der Waals surface area contributed by atoms with Crippen LogP contribution in [0.1, 0.15) is 56.2 Å². The minimum atomic E-state index is -0.486. The van der Waals surface area contributed by atoms with Crippen LogP contribution in [0.2, 0.25) is 0 Å². The van der Waals surface area contributed by atoms with Gasteiger partial charge in [0.2, 0.25) is 0 Å². The summed E-state index contributed by atoms with van der Waals surface area (Å²) < 4.78 is 42.2. The van der Waals surface area contributed by atoms with Gasteiger partial charge in [-0.25, -0.2) is 39.3 Å². The zero-order chi connectivity index (χ0) is 80.0. The number of rotatable bonds is 12. The molecule has 4 aliphatic rings. The lowest BCUT2D eigenvalue weighted by Crippen LogP contribution is -2.42. The summed E-state index contributed by atoms with van der Waals surface area (Å²) in [6, 6.07) is 45.3. The number of benzene rings is 4. The minimum Gasteiger partial charge on any atom is -0.494 e. The van der Waals surface area contributed by atoms with E-state index in [-0.39, 0.29) is 34.0 Å². The number of nitrogens with two attached hydrogens (primary N) is 1. The molecule has 0 bridgehead atoms. The quantitative estimate of drug-likeness (QED) is 0.119. The number of nitrogens with zero attached hydrogens (tertiary/aromatic N) is 18. The highest BCUT2D eigenvalue weighted by Gasteiger charge is 2.28. The van der Waals surface area contributed by atoms with E-state index in [0.29, 0.717) is 103 Å². The van der Waals surface area contributed by atoms with E-state index in [4.69, 9.17) is 33.7 Å². The molecule has 4 aliphatic heterocycles. The fraction of sp³-hybridized carbons (Fsp3) is 0.322. The van der Waals surface area contributed by atoms with Gasteiger partial charge in [0.1, 0.15) is 39.1 Å². The number of anilines is 4. The number of fused-ring (bicyclic) bond motifs is 7. The lowest BCUT2D eigenvalue weighted by atomic mass is 10.0. The lowest BCUT2D eigenvalue weighted by Gasteiger charge is -2.36. The molecule has 15 aromatic rings. The maximum atomic E-state index is 14.0. The summed E-state index contributed by atoms with van der Waals surface area (Å²) in [6.45, 7) is 13.3. The van der Waals surface area contributed by atoms with E-state index in [1.54, 1.807) is 37.5 Å². The van der Waals surface area contributed by atoms with Gasteiger partial charge in [-0.1, -0.05) is 18.2 Å². The van der Waals surface area contributed by atoms with Crippen LogP contribution in [0.25, 0.3) is 101 Å². The van der Waals surface area contributed by atoms with Crippen LogP contribution in [-0.4, -0.2) is 193 Å². The van der Waals surface area contributed by atoms with Crippen LogP contribution in [0.15, 0.2) is 203 Å². The summed E-state index contributed by atoms with van der Waals surface area (Å²) in [5.74, 6) is 1.53. The molecule has 0 amide bonds. The first kappa shape index (κ1) is 76.5. The van der Waals surface area contributed by atoms with E-state index in [1.165, 1.54) is 29.7 Å². The van der Waals surface area contributed by atoms with Crippen molar-refractivity contribution >= 4 is 78.6 Å². The fourth-order valence-electron chi connectivity index (χ4n) is 15.8. The van der Waals surface area contributed by atoms with Gasteiger partial charge in [0.15, 0.2) is 46.0 Å². The average molecular weight is 1550 g/mol. The van der Waals surface area contributed by atoms with Crippen molar-refractivity contribution in [3.8, 4) is 50.8 Å². The Balaban J connectivity index is 0.000000115. The number of hydrogen-bond donors (Lipinski definition) is 1. The number of halogens is 1.